The second-order valence-corrected chi connectivity index (χ2v) is 6.42. The van der Waals surface area contributed by atoms with Gasteiger partial charge in [-0.25, -0.2) is 0 Å². The summed E-state index contributed by atoms with van der Waals surface area (Å²) in [5.41, 5.74) is 2.10. The number of hydrogen-bond donors (Lipinski definition) is 2. The third-order valence-corrected chi connectivity index (χ3v) is 3.72. The number of hydrogen-bond acceptors (Lipinski definition) is 6. The Bertz CT molecular complexity index is 435. The standard InChI is InChI=1S/C18H34N4O2/c1-21(2)11-7-9-19-15-13-17(23-5)18(24-6)14-16(15)20-10-8-12-22(3)4/h13-14,19-20H,7-12H2,1-6H3. The lowest BCUT2D eigenvalue weighted by Crippen LogP contribution is -2.18. The van der Waals surface area contributed by atoms with E-state index in [1.165, 1.54) is 0 Å². The first kappa shape index (κ1) is 20.4. The van der Waals surface area contributed by atoms with Crippen LogP contribution in [0, 0.1) is 0 Å². The summed E-state index contributed by atoms with van der Waals surface area (Å²) in [6.45, 7) is 3.96. The van der Waals surface area contributed by atoms with Crippen LogP contribution in [-0.4, -0.2) is 78.4 Å². The van der Waals surface area contributed by atoms with Gasteiger partial charge in [-0.2, -0.15) is 0 Å². The van der Waals surface area contributed by atoms with E-state index >= 15 is 0 Å². The minimum atomic E-state index is 0.742. The van der Waals surface area contributed by atoms with Crippen molar-refractivity contribution in [3.63, 3.8) is 0 Å². The Balaban J connectivity index is 2.75. The summed E-state index contributed by atoms with van der Waals surface area (Å²) in [5.74, 6) is 1.48. The Morgan fingerprint density at radius 3 is 1.42 bits per heavy atom. The molecule has 0 heterocycles. The van der Waals surface area contributed by atoms with Crippen LogP contribution in [0.4, 0.5) is 11.4 Å². The van der Waals surface area contributed by atoms with E-state index in [9.17, 15) is 0 Å². The first-order chi connectivity index (χ1) is 11.5. The molecule has 0 saturated heterocycles. The van der Waals surface area contributed by atoms with E-state index in [1.807, 2.05) is 12.1 Å². The minimum Gasteiger partial charge on any atom is -0.493 e. The number of benzene rings is 1. The normalized spacial score (nSPS) is 11.0. The van der Waals surface area contributed by atoms with Gasteiger partial charge in [0.2, 0.25) is 0 Å². The molecular weight excluding hydrogens is 304 g/mol. The largest absolute Gasteiger partial charge is 0.493 e. The second kappa shape index (κ2) is 11.0. The van der Waals surface area contributed by atoms with Crippen LogP contribution in [0.3, 0.4) is 0 Å². The quantitative estimate of drug-likeness (QED) is 0.571. The van der Waals surface area contributed by atoms with Crippen molar-refractivity contribution < 1.29 is 9.47 Å². The first-order valence-electron chi connectivity index (χ1n) is 8.51. The van der Waals surface area contributed by atoms with Crippen LogP contribution in [0.15, 0.2) is 12.1 Å². The van der Waals surface area contributed by atoms with Crippen molar-refractivity contribution in [1.29, 1.82) is 0 Å². The van der Waals surface area contributed by atoms with Crippen molar-refractivity contribution in [2.75, 3.05) is 79.2 Å². The lowest BCUT2D eigenvalue weighted by Gasteiger charge is -2.18. The Kier molecular flexibility index (Phi) is 9.34. The van der Waals surface area contributed by atoms with Crippen LogP contribution < -0.4 is 20.1 Å². The van der Waals surface area contributed by atoms with Crippen LogP contribution in [0.1, 0.15) is 12.8 Å². The summed E-state index contributed by atoms with van der Waals surface area (Å²) in [7, 11) is 11.7. The highest BCUT2D eigenvalue weighted by molar-refractivity contribution is 5.74. The highest BCUT2D eigenvalue weighted by atomic mass is 16.5. The fourth-order valence-corrected chi connectivity index (χ4v) is 2.41. The molecule has 24 heavy (non-hydrogen) atoms. The van der Waals surface area contributed by atoms with Crippen molar-refractivity contribution in [1.82, 2.24) is 9.80 Å². The highest BCUT2D eigenvalue weighted by Gasteiger charge is 2.11. The third kappa shape index (κ3) is 7.27. The second-order valence-electron chi connectivity index (χ2n) is 6.42. The minimum absolute atomic E-state index is 0.742. The molecule has 6 nitrogen and oxygen atoms in total. The summed E-state index contributed by atoms with van der Waals surface area (Å²) in [4.78, 5) is 4.38. The van der Waals surface area contributed by atoms with E-state index in [4.69, 9.17) is 9.47 Å². The van der Waals surface area contributed by atoms with Gasteiger partial charge in [-0.05, 0) is 54.1 Å². The van der Waals surface area contributed by atoms with Crippen LogP contribution in [-0.2, 0) is 0 Å². The molecule has 0 radical (unpaired) electrons. The maximum Gasteiger partial charge on any atom is 0.162 e. The van der Waals surface area contributed by atoms with Gasteiger partial charge in [-0.3, -0.25) is 0 Å². The van der Waals surface area contributed by atoms with Gasteiger partial charge in [-0.15, -0.1) is 0 Å². The summed E-state index contributed by atoms with van der Waals surface area (Å²) in [5, 5.41) is 7.02. The maximum absolute atomic E-state index is 5.43. The molecule has 0 aromatic heterocycles. The number of nitrogens with one attached hydrogen (secondary N) is 2. The predicted octanol–water partition coefficient (Wildman–Crippen LogP) is 2.43. The third-order valence-electron chi connectivity index (χ3n) is 3.72. The van der Waals surface area contributed by atoms with Gasteiger partial charge in [0.05, 0.1) is 25.6 Å². The summed E-state index contributed by atoms with van der Waals surface area (Å²) in [6, 6.07) is 4.01. The van der Waals surface area contributed by atoms with Gasteiger partial charge in [0, 0.05) is 25.2 Å². The average molecular weight is 338 g/mol. The lowest BCUT2D eigenvalue weighted by molar-refractivity contribution is 0.355. The molecule has 6 heteroatoms. The molecule has 1 aromatic rings. The zero-order valence-electron chi connectivity index (χ0n) is 16.1. The van der Waals surface area contributed by atoms with Gasteiger partial charge in [-0.1, -0.05) is 0 Å². The average Bonchev–Trinajstić information content (AvgIpc) is 2.55. The Morgan fingerprint density at radius 1 is 0.750 bits per heavy atom. The molecule has 2 N–H and O–H groups in total. The van der Waals surface area contributed by atoms with Gasteiger partial charge in [0.15, 0.2) is 11.5 Å². The Hall–Kier alpha value is -1.66. The lowest BCUT2D eigenvalue weighted by atomic mass is 10.2. The van der Waals surface area contributed by atoms with E-state index in [1.54, 1.807) is 14.2 Å². The van der Waals surface area contributed by atoms with Crippen molar-refractivity contribution in [3.05, 3.63) is 12.1 Å². The highest BCUT2D eigenvalue weighted by Crippen LogP contribution is 2.36. The molecule has 138 valence electrons. The smallest absolute Gasteiger partial charge is 0.162 e. The number of nitrogens with zero attached hydrogens (tertiary/aromatic N) is 2. The van der Waals surface area contributed by atoms with Crippen molar-refractivity contribution in [3.8, 4) is 11.5 Å². The molecular formula is C18H34N4O2. The SMILES string of the molecule is COc1cc(NCCCN(C)C)c(NCCCN(C)C)cc1OC. The van der Waals surface area contributed by atoms with Gasteiger partial charge in [0.1, 0.15) is 0 Å². The fraction of sp³-hybridized carbons (Fsp3) is 0.667. The number of methoxy groups -OCH3 is 2. The van der Waals surface area contributed by atoms with Crippen molar-refractivity contribution >= 4 is 11.4 Å². The van der Waals surface area contributed by atoms with E-state index in [0.29, 0.717) is 0 Å². The molecule has 0 aliphatic heterocycles. The Morgan fingerprint density at radius 2 is 1.12 bits per heavy atom. The topological polar surface area (TPSA) is 49.0 Å². The molecule has 1 aromatic carbocycles. The zero-order chi connectivity index (χ0) is 17.9. The van der Waals surface area contributed by atoms with Gasteiger partial charge >= 0.3 is 0 Å². The van der Waals surface area contributed by atoms with Gasteiger partial charge < -0.3 is 29.9 Å². The maximum atomic E-state index is 5.43. The number of ether oxygens (including phenoxy) is 2. The molecule has 1 rings (SSSR count). The van der Waals surface area contributed by atoms with Crippen LogP contribution in [0.25, 0.3) is 0 Å². The van der Waals surface area contributed by atoms with Gasteiger partial charge in [0.25, 0.3) is 0 Å². The predicted molar refractivity (Wildman–Crippen MR) is 103 cm³/mol. The van der Waals surface area contributed by atoms with E-state index in [0.717, 1.165) is 61.9 Å². The summed E-state index contributed by atoms with van der Waals surface area (Å²) in [6.07, 6.45) is 2.17. The number of anilines is 2. The molecule has 0 unspecified atom stereocenters. The fourth-order valence-electron chi connectivity index (χ4n) is 2.41. The summed E-state index contributed by atoms with van der Waals surface area (Å²) >= 11 is 0. The molecule has 0 fully saturated rings. The molecule has 0 bridgehead atoms. The zero-order valence-corrected chi connectivity index (χ0v) is 16.1. The van der Waals surface area contributed by atoms with E-state index < -0.39 is 0 Å². The van der Waals surface area contributed by atoms with Crippen LogP contribution >= 0.6 is 0 Å². The van der Waals surface area contributed by atoms with Crippen molar-refractivity contribution in [2.24, 2.45) is 0 Å². The monoisotopic (exact) mass is 338 g/mol. The van der Waals surface area contributed by atoms with E-state index in [-0.39, 0.29) is 0 Å². The van der Waals surface area contributed by atoms with Crippen LogP contribution in [0.2, 0.25) is 0 Å². The molecule has 0 amide bonds. The van der Waals surface area contributed by atoms with Crippen LogP contribution in [0.5, 0.6) is 11.5 Å². The molecule has 0 aliphatic carbocycles. The molecule has 0 spiro atoms. The van der Waals surface area contributed by atoms with Crippen molar-refractivity contribution in [2.45, 2.75) is 12.8 Å². The molecule has 0 aliphatic rings. The van der Waals surface area contributed by atoms with E-state index in [2.05, 4.69) is 48.6 Å². The Labute approximate surface area is 147 Å². The molecule has 0 saturated carbocycles. The first-order valence-corrected chi connectivity index (χ1v) is 8.51. The molecule has 0 atom stereocenters. The summed E-state index contributed by atoms with van der Waals surface area (Å²) < 4.78 is 10.9. The number of rotatable bonds is 12.